The summed E-state index contributed by atoms with van der Waals surface area (Å²) >= 11 is 1.87. The normalized spacial score (nSPS) is 28.3. The molecule has 1 aliphatic carbocycles. The van der Waals surface area contributed by atoms with Gasteiger partial charge in [0, 0.05) is 28.0 Å². The molecule has 3 heteroatoms. The Balaban J connectivity index is 1.89. The van der Waals surface area contributed by atoms with Gasteiger partial charge in [0.1, 0.15) is 5.60 Å². The highest BCUT2D eigenvalue weighted by molar-refractivity contribution is 7.98. The second kappa shape index (κ2) is 7.38. The van der Waals surface area contributed by atoms with Crippen molar-refractivity contribution >= 4 is 11.8 Å². The largest absolute Gasteiger partial charge is 0.380 e. The first-order valence-electron chi connectivity index (χ1n) is 9.92. The zero-order chi connectivity index (χ0) is 18.1. The summed E-state index contributed by atoms with van der Waals surface area (Å²) < 4.78 is 0. The molecule has 1 heterocycles. The Morgan fingerprint density at radius 3 is 2.50 bits per heavy atom. The molecule has 1 saturated carbocycles. The van der Waals surface area contributed by atoms with Crippen LogP contribution in [0.25, 0.3) is 0 Å². The lowest BCUT2D eigenvalue weighted by atomic mass is 9.64. The van der Waals surface area contributed by atoms with E-state index in [2.05, 4.69) is 62.6 Å². The minimum Gasteiger partial charge on any atom is -0.380 e. The summed E-state index contributed by atoms with van der Waals surface area (Å²) in [7, 11) is 4.47. The van der Waals surface area contributed by atoms with E-state index in [-0.39, 0.29) is 5.92 Å². The summed E-state index contributed by atoms with van der Waals surface area (Å²) in [6.45, 7) is 1.13. The summed E-state index contributed by atoms with van der Waals surface area (Å²) in [4.78, 5) is 2.72. The zero-order valence-electron chi connectivity index (χ0n) is 15.9. The van der Waals surface area contributed by atoms with Crippen LogP contribution < -0.4 is 4.90 Å². The minimum atomic E-state index is -0.878. The lowest BCUT2D eigenvalue weighted by Gasteiger charge is -2.44. The van der Waals surface area contributed by atoms with E-state index in [1.54, 1.807) is 0 Å². The summed E-state index contributed by atoms with van der Waals surface area (Å²) in [6, 6.07) is 17.1. The number of hydrogen-bond acceptors (Lipinski definition) is 2. The second-order valence-corrected chi connectivity index (χ2v) is 9.29. The summed E-state index contributed by atoms with van der Waals surface area (Å²) in [6.07, 6.45) is 4.86. The van der Waals surface area contributed by atoms with E-state index in [4.69, 9.17) is 0 Å². The van der Waals surface area contributed by atoms with E-state index in [0.717, 1.165) is 29.8 Å². The number of thioether (sulfide) groups is 1. The zero-order valence-corrected chi connectivity index (χ0v) is 16.7. The quantitative estimate of drug-likeness (QED) is 0.867. The standard InChI is InChI=1S/C23H29NOS/c1-24(2)15-17-9-3-5-11-19(17)23(25)20-12-6-4-10-18(20)16-26-22-14-8-7-13-21(22)23/h4,6-8,10,12-14,17,19,25H,3,5,9,11,15-16H2,1-2H3/p+1/t17-,19+,23-/m0/s1. The van der Waals surface area contributed by atoms with Crippen molar-refractivity contribution in [3.8, 4) is 0 Å². The Bertz CT molecular complexity index is 725. The first-order valence-corrected chi connectivity index (χ1v) is 10.9. The topological polar surface area (TPSA) is 24.7 Å². The molecule has 2 aromatic rings. The molecule has 0 radical (unpaired) electrons. The summed E-state index contributed by atoms with van der Waals surface area (Å²) in [5.74, 6) is 1.78. The van der Waals surface area contributed by atoms with Crippen LogP contribution in [0, 0.1) is 11.8 Å². The first-order chi connectivity index (χ1) is 12.6. The van der Waals surface area contributed by atoms with Gasteiger partial charge in [-0.3, -0.25) is 0 Å². The second-order valence-electron chi connectivity index (χ2n) is 8.27. The fraction of sp³-hybridized carbons (Fsp3) is 0.478. The molecular formula is C23H30NOS+. The maximum Gasteiger partial charge on any atom is 0.119 e. The van der Waals surface area contributed by atoms with E-state index >= 15 is 0 Å². The maximum absolute atomic E-state index is 12.4. The summed E-state index contributed by atoms with van der Waals surface area (Å²) in [5.41, 5.74) is 2.68. The van der Waals surface area contributed by atoms with Crippen LogP contribution in [0.4, 0.5) is 0 Å². The Morgan fingerprint density at radius 1 is 1.00 bits per heavy atom. The van der Waals surface area contributed by atoms with Crippen molar-refractivity contribution in [3.63, 3.8) is 0 Å². The van der Waals surface area contributed by atoms with E-state index in [1.807, 2.05) is 11.8 Å². The molecule has 2 N–H and O–H groups in total. The van der Waals surface area contributed by atoms with Crippen LogP contribution in [0.5, 0.6) is 0 Å². The van der Waals surface area contributed by atoms with Crippen molar-refractivity contribution < 1.29 is 10.0 Å². The van der Waals surface area contributed by atoms with Gasteiger partial charge in [0.15, 0.2) is 0 Å². The van der Waals surface area contributed by atoms with Crippen LogP contribution in [-0.2, 0) is 11.4 Å². The maximum atomic E-state index is 12.4. The van der Waals surface area contributed by atoms with Gasteiger partial charge in [0.2, 0.25) is 0 Å². The lowest BCUT2D eigenvalue weighted by molar-refractivity contribution is -0.863. The highest BCUT2D eigenvalue weighted by atomic mass is 32.2. The van der Waals surface area contributed by atoms with E-state index in [1.165, 1.54) is 34.6 Å². The third kappa shape index (κ3) is 3.11. The van der Waals surface area contributed by atoms with Crippen molar-refractivity contribution in [1.29, 1.82) is 0 Å². The molecule has 1 aliphatic heterocycles. The Labute approximate surface area is 161 Å². The number of rotatable bonds is 3. The molecule has 0 amide bonds. The number of benzene rings is 2. The number of aliphatic hydroxyl groups is 1. The number of fused-ring (bicyclic) bond motifs is 2. The molecule has 26 heavy (non-hydrogen) atoms. The Morgan fingerprint density at radius 2 is 1.69 bits per heavy atom. The Hall–Kier alpha value is -1.29. The van der Waals surface area contributed by atoms with Gasteiger partial charge in [0.05, 0.1) is 20.6 Å². The molecule has 2 aromatic carbocycles. The number of nitrogens with one attached hydrogen (secondary N) is 1. The highest BCUT2D eigenvalue weighted by Gasteiger charge is 2.48. The van der Waals surface area contributed by atoms with Gasteiger partial charge < -0.3 is 10.0 Å². The van der Waals surface area contributed by atoms with Crippen molar-refractivity contribution in [2.24, 2.45) is 11.8 Å². The first kappa shape index (κ1) is 18.1. The fourth-order valence-electron chi connectivity index (χ4n) is 5.15. The third-order valence-electron chi connectivity index (χ3n) is 6.22. The van der Waals surface area contributed by atoms with Gasteiger partial charge >= 0.3 is 0 Å². The molecule has 2 aliphatic rings. The van der Waals surface area contributed by atoms with Crippen LogP contribution in [0.2, 0.25) is 0 Å². The SMILES string of the molecule is C[NH+](C)C[C@@H]1CCCC[C@H]1[C@]1(O)c2ccccc2CSc2ccccc21. The van der Waals surface area contributed by atoms with Crippen LogP contribution in [-0.4, -0.2) is 25.7 Å². The molecule has 1 fully saturated rings. The predicted molar refractivity (Wildman–Crippen MR) is 109 cm³/mol. The molecule has 3 atom stereocenters. The fourth-order valence-corrected chi connectivity index (χ4v) is 6.27. The molecule has 0 unspecified atom stereocenters. The molecule has 4 rings (SSSR count). The van der Waals surface area contributed by atoms with Gasteiger partial charge in [0.25, 0.3) is 0 Å². The van der Waals surface area contributed by atoms with E-state index < -0.39 is 5.60 Å². The van der Waals surface area contributed by atoms with Crippen molar-refractivity contribution in [1.82, 2.24) is 0 Å². The van der Waals surface area contributed by atoms with Crippen LogP contribution >= 0.6 is 11.8 Å². The average molecular weight is 369 g/mol. The molecule has 0 spiro atoms. The molecule has 0 bridgehead atoms. The molecule has 0 aromatic heterocycles. The summed E-state index contributed by atoms with van der Waals surface area (Å²) in [5, 5.41) is 12.4. The average Bonchev–Trinajstić information content (AvgIpc) is 2.78. The smallest absolute Gasteiger partial charge is 0.119 e. The number of quaternary nitrogens is 1. The van der Waals surface area contributed by atoms with Gasteiger partial charge in [-0.05, 0) is 30.0 Å². The Kier molecular flexibility index (Phi) is 5.13. The van der Waals surface area contributed by atoms with Gasteiger partial charge in [-0.1, -0.05) is 55.3 Å². The lowest BCUT2D eigenvalue weighted by Crippen LogP contribution is -3.06. The molecule has 0 saturated heterocycles. The predicted octanol–water partition coefficient (Wildman–Crippen LogP) is 3.48. The highest BCUT2D eigenvalue weighted by Crippen LogP contribution is 2.51. The van der Waals surface area contributed by atoms with E-state index in [9.17, 15) is 5.11 Å². The monoisotopic (exact) mass is 368 g/mol. The van der Waals surface area contributed by atoms with E-state index in [0.29, 0.717) is 5.92 Å². The van der Waals surface area contributed by atoms with Crippen LogP contribution in [0.1, 0.15) is 42.4 Å². The third-order valence-corrected chi connectivity index (χ3v) is 7.35. The van der Waals surface area contributed by atoms with Crippen molar-refractivity contribution in [2.45, 2.75) is 41.9 Å². The molecular weight excluding hydrogens is 338 g/mol. The van der Waals surface area contributed by atoms with Crippen LogP contribution in [0.15, 0.2) is 53.4 Å². The van der Waals surface area contributed by atoms with Crippen LogP contribution in [0.3, 0.4) is 0 Å². The van der Waals surface area contributed by atoms with Crippen molar-refractivity contribution in [2.75, 3.05) is 20.6 Å². The number of hydrogen-bond donors (Lipinski definition) is 2. The van der Waals surface area contributed by atoms with Gasteiger partial charge in [-0.2, -0.15) is 0 Å². The van der Waals surface area contributed by atoms with Gasteiger partial charge in [-0.15, -0.1) is 11.8 Å². The molecule has 138 valence electrons. The minimum absolute atomic E-state index is 0.284. The molecule has 2 nitrogen and oxygen atoms in total. The van der Waals surface area contributed by atoms with Crippen molar-refractivity contribution in [3.05, 3.63) is 65.2 Å². The van der Waals surface area contributed by atoms with Gasteiger partial charge in [-0.25, -0.2) is 0 Å².